The second kappa shape index (κ2) is 5.55. The fourth-order valence-electron chi connectivity index (χ4n) is 2.38. The van der Waals surface area contributed by atoms with Gasteiger partial charge in [-0.1, -0.05) is 37.5 Å². The first-order valence-corrected chi connectivity index (χ1v) is 6.11. The van der Waals surface area contributed by atoms with E-state index in [-0.39, 0.29) is 5.92 Å². The van der Waals surface area contributed by atoms with Crippen LogP contribution >= 0.6 is 0 Å². The Balaban J connectivity index is 2.04. The standard InChI is InChI=1S/C14H18N2/c15-11-12-7-3-1-6-10-14(12)16-13-8-4-2-5-9-13/h2,4-5,8-9,12,14,16H,1,3,6-7,10H2. The SMILES string of the molecule is N#CC1CCCCCC1Nc1ccccc1. The van der Waals surface area contributed by atoms with E-state index in [1.54, 1.807) is 0 Å². The first-order valence-electron chi connectivity index (χ1n) is 6.11. The van der Waals surface area contributed by atoms with Gasteiger partial charge in [-0.25, -0.2) is 0 Å². The molecule has 0 spiro atoms. The summed E-state index contributed by atoms with van der Waals surface area (Å²) < 4.78 is 0. The number of para-hydroxylation sites is 1. The van der Waals surface area contributed by atoms with Crippen molar-refractivity contribution in [3.63, 3.8) is 0 Å². The maximum Gasteiger partial charge on any atom is 0.0677 e. The van der Waals surface area contributed by atoms with Crippen LogP contribution in [0.5, 0.6) is 0 Å². The van der Waals surface area contributed by atoms with Gasteiger partial charge in [0.15, 0.2) is 0 Å². The van der Waals surface area contributed by atoms with Gasteiger partial charge in [-0.05, 0) is 25.0 Å². The van der Waals surface area contributed by atoms with Gasteiger partial charge in [-0.3, -0.25) is 0 Å². The summed E-state index contributed by atoms with van der Waals surface area (Å²) in [5.41, 5.74) is 1.13. The van der Waals surface area contributed by atoms with Crippen molar-refractivity contribution in [3.05, 3.63) is 30.3 Å². The van der Waals surface area contributed by atoms with Crippen LogP contribution in [0, 0.1) is 17.2 Å². The van der Waals surface area contributed by atoms with Gasteiger partial charge in [0.25, 0.3) is 0 Å². The van der Waals surface area contributed by atoms with Gasteiger partial charge in [0, 0.05) is 11.7 Å². The third kappa shape index (κ3) is 2.76. The largest absolute Gasteiger partial charge is 0.381 e. The first-order chi connectivity index (χ1) is 7.90. The van der Waals surface area contributed by atoms with Gasteiger partial charge in [0.1, 0.15) is 0 Å². The number of hydrogen-bond donors (Lipinski definition) is 1. The molecular weight excluding hydrogens is 196 g/mol. The number of nitrogens with one attached hydrogen (secondary N) is 1. The molecule has 84 valence electrons. The lowest BCUT2D eigenvalue weighted by Gasteiger charge is -2.21. The molecule has 1 aromatic rings. The van der Waals surface area contributed by atoms with Crippen LogP contribution in [0.4, 0.5) is 5.69 Å². The summed E-state index contributed by atoms with van der Waals surface area (Å²) in [6, 6.07) is 13.0. The molecular formula is C14H18N2. The first kappa shape index (κ1) is 11.0. The fourth-order valence-corrected chi connectivity index (χ4v) is 2.38. The highest BCUT2D eigenvalue weighted by atomic mass is 14.9. The van der Waals surface area contributed by atoms with E-state index in [1.807, 2.05) is 18.2 Å². The summed E-state index contributed by atoms with van der Waals surface area (Å²) in [4.78, 5) is 0. The monoisotopic (exact) mass is 214 g/mol. The third-order valence-electron chi connectivity index (χ3n) is 3.31. The predicted octanol–water partition coefficient (Wildman–Crippen LogP) is 3.57. The van der Waals surface area contributed by atoms with Crippen LogP contribution in [-0.2, 0) is 0 Å². The van der Waals surface area contributed by atoms with Crippen LogP contribution in [0.3, 0.4) is 0 Å². The van der Waals surface area contributed by atoms with E-state index in [4.69, 9.17) is 0 Å². The average molecular weight is 214 g/mol. The lowest BCUT2D eigenvalue weighted by atomic mass is 9.96. The molecule has 0 aliphatic heterocycles. The fraction of sp³-hybridized carbons (Fsp3) is 0.500. The molecule has 0 radical (unpaired) electrons. The van der Waals surface area contributed by atoms with Crippen LogP contribution < -0.4 is 5.32 Å². The van der Waals surface area contributed by atoms with Gasteiger partial charge in [-0.15, -0.1) is 0 Å². The number of nitriles is 1. The third-order valence-corrected chi connectivity index (χ3v) is 3.31. The van der Waals surface area contributed by atoms with E-state index < -0.39 is 0 Å². The Morgan fingerprint density at radius 2 is 1.81 bits per heavy atom. The van der Waals surface area contributed by atoms with Crippen molar-refractivity contribution in [2.24, 2.45) is 5.92 Å². The Morgan fingerprint density at radius 1 is 1.06 bits per heavy atom. The van der Waals surface area contributed by atoms with E-state index in [0.29, 0.717) is 6.04 Å². The van der Waals surface area contributed by atoms with Crippen molar-refractivity contribution in [1.29, 1.82) is 5.26 Å². The van der Waals surface area contributed by atoms with Gasteiger partial charge in [-0.2, -0.15) is 5.26 Å². The zero-order valence-electron chi connectivity index (χ0n) is 9.52. The molecule has 0 amide bonds. The number of hydrogen-bond acceptors (Lipinski definition) is 2. The molecule has 0 aromatic heterocycles. The van der Waals surface area contributed by atoms with Gasteiger partial charge in [0.2, 0.25) is 0 Å². The molecule has 2 atom stereocenters. The molecule has 0 saturated heterocycles. The lowest BCUT2D eigenvalue weighted by molar-refractivity contribution is 0.514. The minimum Gasteiger partial charge on any atom is -0.381 e. The summed E-state index contributed by atoms with van der Waals surface area (Å²) in [6.07, 6.45) is 5.87. The summed E-state index contributed by atoms with van der Waals surface area (Å²) in [5, 5.41) is 12.7. The Kier molecular flexibility index (Phi) is 3.82. The lowest BCUT2D eigenvalue weighted by Crippen LogP contribution is -2.27. The normalized spacial score (nSPS) is 25.4. The zero-order valence-corrected chi connectivity index (χ0v) is 9.52. The molecule has 1 fully saturated rings. The summed E-state index contributed by atoms with van der Waals surface area (Å²) in [7, 11) is 0. The van der Waals surface area contributed by atoms with E-state index >= 15 is 0 Å². The van der Waals surface area contributed by atoms with E-state index in [2.05, 4.69) is 23.5 Å². The molecule has 1 aliphatic carbocycles. The number of benzene rings is 1. The number of nitrogens with zero attached hydrogens (tertiary/aromatic N) is 1. The quantitative estimate of drug-likeness (QED) is 0.764. The molecule has 0 heterocycles. The minimum absolute atomic E-state index is 0.169. The van der Waals surface area contributed by atoms with Crippen molar-refractivity contribution in [3.8, 4) is 6.07 Å². The smallest absolute Gasteiger partial charge is 0.0677 e. The number of rotatable bonds is 2. The van der Waals surface area contributed by atoms with Crippen molar-refractivity contribution < 1.29 is 0 Å². The van der Waals surface area contributed by atoms with Crippen LogP contribution in [0.2, 0.25) is 0 Å². The molecule has 2 heteroatoms. The van der Waals surface area contributed by atoms with Crippen LogP contribution in [0.1, 0.15) is 32.1 Å². The molecule has 16 heavy (non-hydrogen) atoms. The maximum absolute atomic E-state index is 9.17. The highest BCUT2D eigenvalue weighted by molar-refractivity contribution is 5.43. The maximum atomic E-state index is 9.17. The molecule has 2 nitrogen and oxygen atoms in total. The topological polar surface area (TPSA) is 35.8 Å². The predicted molar refractivity (Wildman–Crippen MR) is 66.0 cm³/mol. The van der Waals surface area contributed by atoms with Crippen LogP contribution in [0.15, 0.2) is 30.3 Å². The molecule has 0 bridgehead atoms. The number of anilines is 1. The van der Waals surface area contributed by atoms with Crippen molar-refractivity contribution >= 4 is 5.69 Å². The Labute approximate surface area is 97.3 Å². The van der Waals surface area contributed by atoms with E-state index in [1.165, 1.54) is 19.3 Å². The molecule has 1 aromatic carbocycles. The molecule has 2 unspecified atom stereocenters. The van der Waals surface area contributed by atoms with Crippen molar-refractivity contribution in [2.75, 3.05) is 5.32 Å². The molecule has 2 rings (SSSR count). The van der Waals surface area contributed by atoms with E-state index in [0.717, 1.165) is 18.5 Å². The molecule has 1 N–H and O–H groups in total. The molecule has 1 aliphatic rings. The summed E-state index contributed by atoms with van der Waals surface area (Å²) >= 11 is 0. The summed E-state index contributed by atoms with van der Waals surface area (Å²) in [5.74, 6) is 0.169. The highest BCUT2D eigenvalue weighted by Gasteiger charge is 2.22. The van der Waals surface area contributed by atoms with Crippen LogP contribution in [-0.4, -0.2) is 6.04 Å². The van der Waals surface area contributed by atoms with Gasteiger partial charge < -0.3 is 5.32 Å². The average Bonchev–Trinajstić information content (AvgIpc) is 2.55. The Hall–Kier alpha value is -1.49. The Morgan fingerprint density at radius 3 is 2.56 bits per heavy atom. The zero-order chi connectivity index (χ0) is 11.2. The van der Waals surface area contributed by atoms with Crippen LogP contribution in [0.25, 0.3) is 0 Å². The van der Waals surface area contributed by atoms with Gasteiger partial charge in [0.05, 0.1) is 12.0 Å². The highest BCUT2D eigenvalue weighted by Crippen LogP contribution is 2.25. The summed E-state index contributed by atoms with van der Waals surface area (Å²) in [6.45, 7) is 0. The Bertz CT molecular complexity index is 353. The van der Waals surface area contributed by atoms with Gasteiger partial charge >= 0.3 is 0 Å². The second-order valence-electron chi connectivity index (χ2n) is 4.49. The second-order valence-corrected chi connectivity index (χ2v) is 4.49. The van der Waals surface area contributed by atoms with E-state index in [9.17, 15) is 5.26 Å². The molecule has 1 saturated carbocycles. The van der Waals surface area contributed by atoms with Crippen molar-refractivity contribution in [2.45, 2.75) is 38.1 Å². The van der Waals surface area contributed by atoms with Crippen molar-refractivity contribution in [1.82, 2.24) is 0 Å². The minimum atomic E-state index is 0.169.